The second-order valence-corrected chi connectivity index (χ2v) is 10.2. The number of hydrogen-bond acceptors (Lipinski definition) is 10. The third kappa shape index (κ3) is 6.28. The number of hydrogen-bond donors (Lipinski definition) is 2. The quantitative estimate of drug-likeness (QED) is 0.234. The Bertz CT molecular complexity index is 1260. The van der Waals surface area contributed by atoms with Gasteiger partial charge in [0.1, 0.15) is 18.2 Å². The van der Waals surface area contributed by atoms with Crippen molar-refractivity contribution in [2.75, 3.05) is 7.11 Å². The summed E-state index contributed by atoms with van der Waals surface area (Å²) in [5, 5.41) is 5.48. The minimum atomic E-state index is -3.18. The Morgan fingerprint density at radius 3 is 2.52 bits per heavy atom. The highest BCUT2D eigenvalue weighted by Gasteiger charge is 2.66. The van der Waals surface area contributed by atoms with Crippen LogP contribution in [0.2, 0.25) is 0 Å². The molecule has 3 heterocycles. The summed E-state index contributed by atoms with van der Waals surface area (Å²) in [5.74, 6) is -4.94. The van der Waals surface area contributed by atoms with E-state index in [4.69, 9.17) is 14.0 Å². The lowest BCUT2D eigenvalue weighted by atomic mass is 9.61. The minimum absolute atomic E-state index is 0.00943. The first-order chi connectivity index (χ1) is 19.1. The van der Waals surface area contributed by atoms with Gasteiger partial charge in [-0.2, -0.15) is 0 Å². The zero-order valence-corrected chi connectivity index (χ0v) is 22.4. The molecule has 13 nitrogen and oxygen atoms in total. The number of nitrogens with one attached hydrogen (secondary N) is 2. The van der Waals surface area contributed by atoms with Crippen LogP contribution in [0.4, 0.5) is 0 Å². The van der Waals surface area contributed by atoms with Gasteiger partial charge in [0.2, 0.25) is 5.91 Å². The molecule has 14 heteroatoms. The standard InChI is InChI=1S/C26H31BN4O9/c1-16(2)11-20(27-38-21(32)13-26(40-27,25(36)37-3)14-22(33)39-27)31-23(34)18(12-17-7-5-4-6-8-17)30-24(35)19-15-28-9-10-29-19/h4-10,15-16,18,20,38H,11-14H2,1-3H3,(H,30,35)(H,31,34)/t18-,20-,26-,27?/m0/s1. The number of amides is 2. The number of aromatic nitrogens is 2. The number of rotatable bonds is 10. The van der Waals surface area contributed by atoms with Crippen LogP contribution >= 0.6 is 0 Å². The average molecular weight is 554 g/mol. The van der Waals surface area contributed by atoms with Gasteiger partial charge in [-0.25, -0.2) is 9.78 Å². The number of carbonyl (C=O) groups excluding carboxylic acids is 4. The number of methoxy groups -OCH3 is 1. The molecule has 2 aliphatic rings. The Balaban J connectivity index is 1.65. The second-order valence-electron chi connectivity index (χ2n) is 10.2. The maximum absolute atomic E-state index is 13.8. The van der Waals surface area contributed by atoms with E-state index in [0.29, 0.717) is 0 Å². The Morgan fingerprint density at radius 2 is 1.88 bits per heavy atom. The summed E-state index contributed by atoms with van der Waals surface area (Å²) >= 11 is 0. The molecule has 0 spiro atoms. The molecule has 0 radical (unpaired) electrons. The van der Waals surface area contributed by atoms with Crippen LogP contribution in [-0.2, 0) is 39.6 Å². The molecular weight excluding hydrogens is 523 g/mol. The number of esters is 1. The smallest absolute Gasteiger partial charge is 0.594 e. The molecule has 3 N–H and O–H groups in total. The van der Waals surface area contributed by atoms with E-state index in [2.05, 4.69) is 25.3 Å². The second kappa shape index (κ2) is 11.8. The predicted octanol–water partition coefficient (Wildman–Crippen LogP) is 0.160. The van der Waals surface area contributed by atoms with Crippen LogP contribution in [0, 0.1) is 5.92 Å². The molecule has 2 saturated heterocycles. The van der Waals surface area contributed by atoms with Crippen LogP contribution in [0.1, 0.15) is 49.2 Å². The molecule has 40 heavy (non-hydrogen) atoms. The van der Waals surface area contributed by atoms with Gasteiger partial charge in [0, 0.05) is 29.6 Å². The molecule has 0 aliphatic carbocycles. The fourth-order valence-electron chi connectivity index (χ4n) is 4.97. The molecule has 2 aliphatic heterocycles. The van der Waals surface area contributed by atoms with Gasteiger partial charge in [0.25, 0.3) is 11.9 Å². The molecule has 1 aromatic carbocycles. The van der Waals surface area contributed by atoms with E-state index in [0.717, 1.165) is 12.7 Å². The highest BCUT2D eigenvalue weighted by atomic mass is 16.8. The molecule has 1 aromatic heterocycles. The first-order valence-corrected chi connectivity index (χ1v) is 12.9. The van der Waals surface area contributed by atoms with Crippen molar-refractivity contribution in [3.05, 3.63) is 60.2 Å². The van der Waals surface area contributed by atoms with Gasteiger partial charge in [0.15, 0.2) is 5.60 Å². The van der Waals surface area contributed by atoms with E-state index in [1.165, 1.54) is 18.6 Å². The minimum Gasteiger partial charge on any atom is -0.717 e. The number of carbonyl (C=O) groups is 5. The van der Waals surface area contributed by atoms with E-state index in [1.807, 2.05) is 19.9 Å². The van der Waals surface area contributed by atoms with Gasteiger partial charge in [-0.1, -0.05) is 50.6 Å². The Morgan fingerprint density at radius 1 is 1.12 bits per heavy atom. The fraction of sp³-hybridized carbons (Fsp3) is 0.423. The molecule has 212 valence electrons. The summed E-state index contributed by atoms with van der Waals surface area (Å²) in [6.45, 7) is 0.529. The first kappa shape index (κ1) is 28.7. The summed E-state index contributed by atoms with van der Waals surface area (Å²) < 4.78 is 20.4. The van der Waals surface area contributed by atoms with Crippen molar-refractivity contribution in [3.63, 3.8) is 0 Å². The lowest BCUT2D eigenvalue weighted by Gasteiger charge is -2.55. The van der Waals surface area contributed by atoms with Crippen molar-refractivity contribution in [1.29, 1.82) is 0 Å². The zero-order valence-electron chi connectivity index (χ0n) is 22.4. The summed E-state index contributed by atoms with van der Waals surface area (Å²) in [6.07, 6.45) is 3.29. The maximum Gasteiger partial charge on any atom is 0.594 e. The van der Waals surface area contributed by atoms with Crippen LogP contribution in [0.3, 0.4) is 0 Å². The number of carboxylic acids is 1. The Labute approximate surface area is 230 Å². The Kier molecular flexibility index (Phi) is 8.47. The third-order valence-electron chi connectivity index (χ3n) is 6.70. The number of benzene rings is 1. The number of aliphatic carboxylic acids is 1. The number of ether oxygens (including phenoxy) is 1. The van der Waals surface area contributed by atoms with Gasteiger partial charge < -0.3 is 29.3 Å². The van der Waals surface area contributed by atoms with Crippen molar-refractivity contribution in [2.24, 2.45) is 5.92 Å². The van der Waals surface area contributed by atoms with Crippen LogP contribution < -0.4 is 10.6 Å². The molecular formula is C26H31BN4O9. The molecule has 2 aromatic rings. The van der Waals surface area contributed by atoms with E-state index >= 15 is 0 Å². The molecule has 1 unspecified atom stereocenters. The summed E-state index contributed by atoms with van der Waals surface area (Å²) in [4.78, 5) is 72.7. The monoisotopic (exact) mass is 554 g/mol. The van der Waals surface area contributed by atoms with Crippen molar-refractivity contribution < 1.29 is 42.7 Å². The molecule has 0 saturated carbocycles. The predicted molar refractivity (Wildman–Crippen MR) is 139 cm³/mol. The SMILES string of the molecule is COC(=O)[C@]12CC(=O)O[B-]([C@H](CC(C)C)NC(=O)[C@H](Cc3ccccc3)NC(=O)c3cnccn3)(O1)[OH+]C(=O)C2. The number of nitrogens with zero attached hydrogens (tertiary/aromatic N) is 2. The van der Waals surface area contributed by atoms with Crippen LogP contribution in [0.5, 0.6) is 0 Å². The molecule has 4 rings (SSSR count). The summed E-state index contributed by atoms with van der Waals surface area (Å²) in [6, 6.07) is 7.91. The van der Waals surface area contributed by atoms with Crippen LogP contribution in [-0.4, -0.2) is 75.8 Å². The normalized spacial score (nSPS) is 23.3. The number of fused-ring (bicyclic) bond motifs is 2. The first-order valence-electron chi connectivity index (χ1n) is 12.9. The summed E-state index contributed by atoms with van der Waals surface area (Å²) in [7, 11) is 1.12. The fourth-order valence-corrected chi connectivity index (χ4v) is 4.97. The third-order valence-corrected chi connectivity index (χ3v) is 6.70. The zero-order chi connectivity index (χ0) is 28.9. The van der Waals surface area contributed by atoms with E-state index in [1.54, 1.807) is 24.3 Å². The van der Waals surface area contributed by atoms with Gasteiger partial charge >= 0.3 is 18.7 Å². The lowest BCUT2D eigenvalue weighted by Crippen LogP contribution is -2.76. The van der Waals surface area contributed by atoms with Crippen molar-refractivity contribution in [3.8, 4) is 0 Å². The molecule has 2 fully saturated rings. The van der Waals surface area contributed by atoms with Gasteiger partial charge in [0.05, 0.1) is 19.7 Å². The van der Waals surface area contributed by atoms with Crippen LogP contribution in [0.25, 0.3) is 0 Å². The van der Waals surface area contributed by atoms with E-state index in [9.17, 15) is 24.0 Å². The van der Waals surface area contributed by atoms with Gasteiger partial charge in [-0.3, -0.25) is 19.4 Å². The molecule has 4 atom stereocenters. The maximum atomic E-state index is 13.8. The average Bonchev–Trinajstić information content (AvgIpc) is 2.91. The van der Waals surface area contributed by atoms with Crippen LogP contribution in [0.15, 0.2) is 48.9 Å². The lowest BCUT2D eigenvalue weighted by molar-refractivity contribution is -0.209. The highest BCUT2D eigenvalue weighted by Crippen LogP contribution is 2.39. The van der Waals surface area contributed by atoms with Crippen molar-refractivity contribution >= 4 is 36.5 Å². The van der Waals surface area contributed by atoms with E-state index < -0.39 is 66.9 Å². The van der Waals surface area contributed by atoms with Gasteiger partial charge in [-0.15, -0.1) is 0 Å². The molecule has 2 amide bonds. The van der Waals surface area contributed by atoms with Crippen molar-refractivity contribution in [2.45, 2.75) is 57.1 Å². The van der Waals surface area contributed by atoms with Crippen molar-refractivity contribution in [1.82, 2.24) is 20.6 Å². The van der Waals surface area contributed by atoms with Gasteiger partial charge in [-0.05, 0) is 11.5 Å². The topological polar surface area (TPSA) is 176 Å². The summed E-state index contributed by atoms with van der Waals surface area (Å²) in [5.41, 5.74) is -1.14. The highest BCUT2D eigenvalue weighted by molar-refractivity contribution is 6.66. The molecule has 2 bridgehead atoms. The largest absolute Gasteiger partial charge is 0.717 e. The Hall–Kier alpha value is -4.33. The van der Waals surface area contributed by atoms with E-state index in [-0.39, 0.29) is 24.5 Å².